The molecule has 0 aliphatic rings. The number of ether oxygens (including phenoxy) is 1. The molecule has 0 saturated heterocycles. The largest absolute Gasteiger partial charge is 0.495 e. The van der Waals surface area contributed by atoms with Crippen LogP contribution in [0.3, 0.4) is 0 Å². The third-order valence-corrected chi connectivity index (χ3v) is 3.01. The zero-order valence-electron chi connectivity index (χ0n) is 9.66. The molecule has 5 heteroatoms. The molecule has 4 nitrogen and oxygen atoms in total. The summed E-state index contributed by atoms with van der Waals surface area (Å²) in [6, 6.07) is 3.65. The molecule has 17 heavy (non-hydrogen) atoms. The number of hydrogen-bond acceptors (Lipinski definition) is 2. The van der Waals surface area contributed by atoms with Crippen LogP contribution >= 0.6 is 11.6 Å². The molecular formula is C12H13ClN2O2. The first-order valence-electron chi connectivity index (χ1n) is 5.12. The predicted molar refractivity (Wildman–Crippen MR) is 67.4 cm³/mol. The van der Waals surface area contributed by atoms with E-state index in [1.807, 2.05) is 29.9 Å². The van der Waals surface area contributed by atoms with Crippen LogP contribution in [0.4, 0.5) is 0 Å². The number of halogens is 1. The number of benzene rings is 1. The van der Waals surface area contributed by atoms with E-state index in [0.29, 0.717) is 10.8 Å². The van der Waals surface area contributed by atoms with Gasteiger partial charge in [0.1, 0.15) is 5.75 Å². The van der Waals surface area contributed by atoms with Gasteiger partial charge in [0.2, 0.25) is 5.91 Å². The van der Waals surface area contributed by atoms with Gasteiger partial charge in [0, 0.05) is 24.1 Å². The Labute approximate surface area is 104 Å². The van der Waals surface area contributed by atoms with Crippen molar-refractivity contribution >= 4 is 28.4 Å². The SMILES string of the molecule is COc1cc2c(CC(N)=O)cn(C)c2cc1Cl. The minimum atomic E-state index is -0.355. The van der Waals surface area contributed by atoms with Gasteiger partial charge in [0.25, 0.3) is 0 Å². The van der Waals surface area contributed by atoms with Gasteiger partial charge in [-0.05, 0) is 17.7 Å². The summed E-state index contributed by atoms with van der Waals surface area (Å²) in [5.41, 5.74) is 7.05. The van der Waals surface area contributed by atoms with Crippen molar-refractivity contribution in [2.24, 2.45) is 12.8 Å². The van der Waals surface area contributed by atoms with Crippen LogP contribution in [0.1, 0.15) is 5.56 Å². The summed E-state index contributed by atoms with van der Waals surface area (Å²) in [7, 11) is 3.46. The molecule has 0 fully saturated rings. The second-order valence-electron chi connectivity index (χ2n) is 3.91. The van der Waals surface area contributed by atoms with Crippen LogP contribution in [-0.4, -0.2) is 17.6 Å². The summed E-state index contributed by atoms with van der Waals surface area (Å²) in [4.78, 5) is 11.0. The summed E-state index contributed by atoms with van der Waals surface area (Å²) in [6.45, 7) is 0. The van der Waals surface area contributed by atoms with Crippen molar-refractivity contribution in [3.05, 3.63) is 28.9 Å². The maximum absolute atomic E-state index is 11.0. The fourth-order valence-electron chi connectivity index (χ4n) is 1.95. The molecule has 1 aromatic heterocycles. The van der Waals surface area contributed by atoms with Crippen LogP contribution in [0.15, 0.2) is 18.3 Å². The number of hydrogen-bond donors (Lipinski definition) is 1. The van der Waals surface area contributed by atoms with E-state index in [-0.39, 0.29) is 12.3 Å². The number of carbonyl (C=O) groups is 1. The van der Waals surface area contributed by atoms with Crippen molar-refractivity contribution < 1.29 is 9.53 Å². The number of nitrogens with two attached hydrogens (primary N) is 1. The first kappa shape index (κ1) is 11.8. The number of carbonyl (C=O) groups excluding carboxylic acids is 1. The molecule has 1 amide bonds. The van der Waals surface area contributed by atoms with Crippen LogP contribution in [0, 0.1) is 0 Å². The first-order chi connectivity index (χ1) is 8.02. The molecule has 0 spiro atoms. The molecule has 0 atom stereocenters. The quantitative estimate of drug-likeness (QED) is 0.907. The van der Waals surface area contributed by atoms with E-state index in [9.17, 15) is 4.79 Å². The van der Waals surface area contributed by atoms with Crippen LogP contribution in [0.5, 0.6) is 5.75 Å². The molecule has 0 bridgehead atoms. The van der Waals surface area contributed by atoms with E-state index in [4.69, 9.17) is 22.1 Å². The van der Waals surface area contributed by atoms with Gasteiger partial charge in [0.05, 0.1) is 18.6 Å². The Hall–Kier alpha value is -1.68. The van der Waals surface area contributed by atoms with Crippen molar-refractivity contribution in [3.63, 3.8) is 0 Å². The fraction of sp³-hybridized carbons (Fsp3) is 0.250. The minimum absolute atomic E-state index is 0.210. The van der Waals surface area contributed by atoms with E-state index in [1.54, 1.807) is 7.11 Å². The maximum atomic E-state index is 11.0. The fourth-order valence-corrected chi connectivity index (χ4v) is 2.18. The second-order valence-corrected chi connectivity index (χ2v) is 4.32. The molecule has 0 radical (unpaired) electrons. The Morgan fingerprint density at radius 1 is 1.53 bits per heavy atom. The summed E-state index contributed by atoms with van der Waals surface area (Å²) in [5, 5.41) is 1.49. The molecule has 0 unspecified atom stereocenters. The zero-order chi connectivity index (χ0) is 12.6. The average Bonchev–Trinajstić information content (AvgIpc) is 2.53. The van der Waals surface area contributed by atoms with Crippen LogP contribution in [0.2, 0.25) is 5.02 Å². The molecule has 90 valence electrons. The van der Waals surface area contributed by atoms with Gasteiger partial charge in [-0.15, -0.1) is 0 Å². The monoisotopic (exact) mass is 252 g/mol. The average molecular weight is 253 g/mol. The number of aromatic nitrogens is 1. The normalized spacial score (nSPS) is 10.8. The molecule has 1 heterocycles. The lowest BCUT2D eigenvalue weighted by molar-refractivity contribution is -0.117. The third kappa shape index (κ3) is 2.08. The number of amides is 1. The molecule has 2 rings (SSSR count). The van der Waals surface area contributed by atoms with Gasteiger partial charge in [-0.3, -0.25) is 4.79 Å². The number of nitrogens with zero attached hydrogens (tertiary/aromatic N) is 1. The number of rotatable bonds is 3. The molecule has 1 aromatic carbocycles. The van der Waals surface area contributed by atoms with Crippen molar-refractivity contribution in [1.82, 2.24) is 4.57 Å². The summed E-state index contributed by atoms with van der Waals surface area (Å²) in [6.07, 6.45) is 2.09. The van der Waals surface area contributed by atoms with Crippen LogP contribution in [0.25, 0.3) is 10.9 Å². The Bertz CT molecular complexity index is 590. The molecule has 0 aliphatic heterocycles. The maximum Gasteiger partial charge on any atom is 0.221 e. The molecular weight excluding hydrogens is 240 g/mol. The number of aryl methyl sites for hydroxylation is 1. The lowest BCUT2D eigenvalue weighted by atomic mass is 10.1. The summed E-state index contributed by atoms with van der Waals surface area (Å²) < 4.78 is 7.08. The molecule has 0 saturated carbocycles. The summed E-state index contributed by atoms with van der Waals surface area (Å²) in [5.74, 6) is 0.238. The highest BCUT2D eigenvalue weighted by atomic mass is 35.5. The van der Waals surface area contributed by atoms with Crippen molar-refractivity contribution in [2.45, 2.75) is 6.42 Å². The van der Waals surface area contributed by atoms with Gasteiger partial charge in [-0.1, -0.05) is 11.6 Å². The van der Waals surface area contributed by atoms with Gasteiger partial charge < -0.3 is 15.0 Å². The van der Waals surface area contributed by atoms with E-state index >= 15 is 0 Å². The number of fused-ring (bicyclic) bond motifs is 1. The zero-order valence-corrected chi connectivity index (χ0v) is 10.4. The highest BCUT2D eigenvalue weighted by Crippen LogP contribution is 2.32. The van der Waals surface area contributed by atoms with Crippen molar-refractivity contribution in [3.8, 4) is 5.75 Å². The molecule has 2 aromatic rings. The number of primary amides is 1. The van der Waals surface area contributed by atoms with E-state index < -0.39 is 0 Å². The van der Waals surface area contributed by atoms with Gasteiger partial charge in [-0.25, -0.2) is 0 Å². The highest BCUT2D eigenvalue weighted by Gasteiger charge is 2.12. The Kier molecular flexibility index (Phi) is 2.98. The van der Waals surface area contributed by atoms with E-state index in [1.165, 1.54) is 0 Å². The minimum Gasteiger partial charge on any atom is -0.495 e. The topological polar surface area (TPSA) is 57.2 Å². The smallest absolute Gasteiger partial charge is 0.221 e. The second kappa shape index (κ2) is 4.30. The standard InChI is InChI=1S/C12H13ClN2O2/c1-15-6-7(3-12(14)16)8-4-11(17-2)9(13)5-10(8)15/h4-6H,3H2,1-2H3,(H2,14,16). The Morgan fingerprint density at radius 3 is 2.82 bits per heavy atom. The molecule has 2 N–H and O–H groups in total. The van der Waals surface area contributed by atoms with Crippen molar-refractivity contribution in [2.75, 3.05) is 7.11 Å². The van der Waals surface area contributed by atoms with Gasteiger partial charge in [-0.2, -0.15) is 0 Å². The predicted octanol–water partition coefficient (Wildman–Crippen LogP) is 1.87. The molecule has 0 aliphatic carbocycles. The first-order valence-corrected chi connectivity index (χ1v) is 5.50. The third-order valence-electron chi connectivity index (χ3n) is 2.71. The lowest BCUT2D eigenvalue weighted by Crippen LogP contribution is -2.13. The van der Waals surface area contributed by atoms with Crippen molar-refractivity contribution in [1.29, 1.82) is 0 Å². The highest BCUT2D eigenvalue weighted by molar-refractivity contribution is 6.32. The van der Waals surface area contributed by atoms with Gasteiger partial charge in [0.15, 0.2) is 0 Å². The van der Waals surface area contributed by atoms with Gasteiger partial charge >= 0.3 is 0 Å². The van der Waals surface area contributed by atoms with Crippen LogP contribution < -0.4 is 10.5 Å². The van der Waals surface area contributed by atoms with E-state index in [0.717, 1.165) is 16.5 Å². The summed E-state index contributed by atoms with van der Waals surface area (Å²) >= 11 is 6.06. The van der Waals surface area contributed by atoms with E-state index in [2.05, 4.69) is 0 Å². The Morgan fingerprint density at radius 2 is 2.24 bits per heavy atom. The number of methoxy groups -OCH3 is 1. The Balaban J connectivity index is 2.66. The lowest BCUT2D eigenvalue weighted by Gasteiger charge is -2.04. The van der Waals surface area contributed by atoms with Crippen LogP contribution in [-0.2, 0) is 18.3 Å².